The van der Waals surface area contributed by atoms with E-state index in [1.807, 2.05) is 12.1 Å². The number of benzene rings is 1. The van der Waals surface area contributed by atoms with Gasteiger partial charge in [0.15, 0.2) is 11.5 Å². The van der Waals surface area contributed by atoms with Crippen LogP contribution in [0.5, 0.6) is 11.5 Å². The van der Waals surface area contributed by atoms with Gasteiger partial charge in [-0.2, -0.15) is 4.31 Å². The van der Waals surface area contributed by atoms with Gasteiger partial charge in [0, 0.05) is 38.2 Å². The first kappa shape index (κ1) is 22.9. The van der Waals surface area contributed by atoms with Gasteiger partial charge in [-0.25, -0.2) is 13.4 Å². The second-order valence-electron chi connectivity index (χ2n) is 8.93. The molecule has 0 atom stereocenters. The van der Waals surface area contributed by atoms with Crippen molar-refractivity contribution in [2.75, 3.05) is 49.6 Å². The van der Waals surface area contributed by atoms with Gasteiger partial charge in [-0.1, -0.05) is 0 Å². The number of amides is 1. The maximum atomic E-state index is 13.1. The fraction of sp³-hybridized carbons (Fsp3) is 0.500. The minimum absolute atomic E-state index is 0.0936. The summed E-state index contributed by atoms with van der Waals surface area (Å²) in [6.07, 6.45) is 6.26. The number of rotatable bonds is 5. The molecule has 0 bridgehead atoms. The lowest BCUT2D eigenvalue weighted by atomic mass is 9.97. The number of pyridine rings is 1. The first-order valence-corrected chi connectivity index (χ1v) is 13.4. The minimum Gasteiger partial charge on any atom is -0.486 e. The molecule has 0 unspecified atom stereocenters. The fourth-order valence-corrected chi connectivity index (χ4v) is 6.19. The van der Waals surface area contributed by atoms with Crippen molar-refractivity contribution in [1.82, 2.24) is 9.29 Å². The summed E-state index contributed by atoms with van der Waals surface area (Å²) >= 11 is 0. The Bertz CT molecular complexity index is 1120. The SMILES string of the molecule is O=C(Nc1ccc(N2CCCCC2)nc1)C1CCN(S(=O)(=O)c2ccc3c(c2)OCCO3)CC1. The van der Waals surface area contributed by atoms with Gasteiger partial charge in [0.2, 0.25) is 15.9 Å². The van der Waals surface area contributed by atoms with Crippen molar-refractivity contribution < 1.29 is 22.7 Å². The molecule has 1 aromatic heterocycles. The van der Waals surface area contributed by atoms with Gasteiger partial charge >= 0.3 is 0 Å². The van der Waals surface area contributed by atoms with E-state index >= 15 is 0 Å². The second-order valence-corrected chi connectivity index (χ2v) is 10.9. The summed E-state index contributed by atoms with van der Waals surface area (Å²) in [5.74, 6) is 1.60. The largest absolute Gasteiger partial charge is 0.486 e. The molecule has 5 rings (SSSR count). The van der Waals surface area contributed by atoms with Crippen LogP contribution in [0.25, 0.3) is 0 Å². The molecule has 34 heavy (non-hydrogen) atoms. The highest BCUT2D eigenvalue weighted by Crippen LogP contribution is 2.34. The molecule has 4 heterocycles. The van der Waals surface area contributed by atoms with Crippen molar-refractivity contribution in [3.63, 3.8) is 0 Å². The lowest BCUT2D eigenvalue weighted by Gasteiger charge is -2.31. The maximum Gasteiger partial charge on any atom is 0.243 e. The van der Waals surface area contributed by atoms with Gasteiger partial charge in [0.25, 0.3) is 0 Å². The Kier molecular flexibility index (Phi) is 6.60. The standard InChI is InChI=1S/C24H30N4O5S/c29-24(26-19-4-7-23(25-17-19)27-10-2-1-3-11-27)18-8-12-28(13-9-18)34(30,31)20-5-6-21-22(16-20)33-15-14-32-21/h4-7,16-18H,1-3,8-15H2,(H,26,29). The van der Waals surface area contributed by atoms with Crippen LogP contribution in [0.4, 0.5) is 11.5 Å². The molecule has 3 aliphatic heterocycles. The first-order chi connectivity index (χ1) is 16.5. The lowest BCUT2D eigenvalue weighted by Crippen LogP contribution is -2.41. The summed E-state index contributed by atoms with van der Waals surface area (Å²) in [5, 5.41) is 2.94. The minimum atomic E-state index is -3.67. The number of sulfonamides is 1. The van der Waals surface area contributed by atoms with Crippen LogP contribution < -0.4 is 19.7 Å². The smallest absolute Gasteiger partial charge is 0.243 e. The topological polar surface area (TPSA) is 101 Å². The van der Waals surface area contributed by atoms with Crippen LogP contribution in [0.2, 0.25) is 0 Å². The summed E-state index contributed by atoms with van der Waals surface area (Å²) in [6.45, 7) is 3.47. The highest BCUT2D eigenvalue weighted by molar-refractivity contribution is 7.89. The van der Waals surface area contributed by atoms with Crippen LogP contribution in [-0.2, 0) is 14.8 Å². The number of carbonyl (C=O) groups excluding carboxylic acids is 1. The van der Waals surface area contributed by atoms with E-state index in [-0.39, 0.29) is 16.7 Å². The van der Waals surface area contributed by atoms with Crippen molar-refractivity contribution in [1.29, 1.82) is 0 Å². The Labute approximate surface area is 200 Å². The number of hydrogen-bond donors (Lipinski definition) is 1. The number of nitrogens with zero attached hydrogens (tertiary/aromatic N) is 3. The van der Waals surface area contributed by atoms with Gasteiger partial charge in [0.05, 0.1) is 16.8 Å². The van der Waals surface area contributed by atoms with E-state index in [2.05, 4.69) is 15.2 Å². The molecule has 0 saturated carbocycles. The van der Waals surface area contributed by atoms with Crippen LogP contribution in [0, 0.1) is 5.92 Å². The van der Waals surface area contributed by atoms with Crippen molar-refractivity contribution in [2.24, 2.45) is 5.92 Å². The number of anilines is 2. The van der Waals surface area contributed by atoms with Gasteiger partial charge in [0.1, 0.15) is 19.0 Å². The van der Waals surface area contributed by atoms with Crippen LogP contribution in [0.15, 0.2) is 41.4 Å². The number of nitrogens with one attached hydrogen (secondary N) is 1. The first-order valence-electron chi connectivity index (χ1n) is 11.9. The quantitative estimate of drug-likeness (QED) is 0.693. The number of hydrogen-bond acceptors (Lipinski definition) is 7. The highest BCUT2D eigenvalue weighted by atomic mass is 32.2. The van der Waals surface area contributed by atoms with Crippen molar-refractivity contribution >= 4 is 27.4 Å². The third-order valence-electron chi connectivity index (χ3n) is 6.67. The molecule has 2 fully saturated rings. The Morgan fingerprint density at radius 2 is 1.68 bits per heavy atom. The average Bonchev–Trinajstić information content (AvgIpc) is 2.89. The number of aromatic nitrogens is 1. The van der Waals surface area contributed by atoms with Crippen molar-refractivity contribution in [3.8, 4) is 11.5 Å². The molecule has 9 nitrogen and oxygen atoms in total. The predicted molar refractivity (Wildman–Crippen MR) is 128 cm³/mol. The normalized spacial score (nSPS) is 19.6. The van der Waals surface area contributed by atoms with E-state index in [9.17, 15) is 13.2 Å². The Hall–Kier alpha value is -2.85. The number of piperidine rings is 2. The van der Waals surface area contributed by atoms with Crippen LogP contribution in [0.1, 0.15) is 32.1 Å². The van der Waals surface area contributed by atoms with E-state index in [1.165, 1.54) is 29.6 Å². The van der Waals surface area contributed by atoms with Gasteiger partial charge in [-0.15, -0.1) is 0 Å². The Morgan fingerprint density at radius 3 is 2.38 bits per heavy atom. The molecule has 0 radical (unpaired) electrons. The predicted octanol–water partition coefficient (Wildman–Crippen LogP) is 2.88. The molecule has 1 aromatic carbocycles. The van der Waals surface area contributed by atoms with E-state index in [1.54, 1.807) is 18.3 Å². The van der Waals surface area contributed by atoms with Gasteiger partial charge < -0.3 is 19.7 Å². The average molecular weight is 487 g/mol. The zero-order valence-corrected chi connectivity index (χ0v) is 19.9. The Balaban J connectivity index is 1.16. The molecular weight excluding hydrogens is 456 g/mol. The molecule has 2 saturated heterocycles. The van der Waals surface area contributed by atoms with E-state index < -0.39 is 10.0 Å². The molecule has 3 aliphatic rings. The maximum absolute atomic E-state index is 13.1. The molecule has 10 heteroatoms. The molecular formula is C24H30N4O5S. The molecule has 1 N–H and O–H groups in total. The van der Waals surface area contributed by atoms with Crippen LogP contribution in [0.3, 0.4) is 0 Å². The second kappa shape index (κ2) is 9.79. The zero-order valence-electron chi connectivity index (χ0n) is 19.1. The summed E-state index contributed by atoms with van der Waals surface area (Å²) in [4.78, 5) is 19.8. The van der Waals surface area contributed by atoms with Crippen LogP contribution >= 0.6 is 0 Å². The van der Waals surface area contributed by atoms with Crippen LogP contribution in [-0.4, -0.2) is 63.0 Å². The third-order valence-corrected chi connectivity index (χ3v) is 8.57. The molecule has 2 aromatic rings. The summed E-state index contributed by atoms with van der Waals surface area (Å²) < 4.78 is 38.7. The summed E-state index contributed by atoms with van der Waals surface area (Å²) in [5.41, 5.74) is 0.664. The fourth-order valence-electron chi connectivity index (χ4n) is 4.71. The monoisotopic (exact) mass is 486 g/mol. The van der Waals surface area contributed by atoms with Crippen molar-refractivity contribution in [3.05, 3.63) is 36.5 Å². The summed E-state index contributed by atoms with van der Waals surface area (Å²) in [7, 11) is -3.67. The molecule has 182 valence electrons. The van der Waals surface area contributed by atoms with E-state index in [0.29, 0.717) is 56.3 Å². The van der Waals surface area contributed by atoms with E-state index in [4.69, 9.17) is 9.47 Å². The molecule has 0 aliphatic carbocycles. The molecule has 0 spiro atoms. The number of carbonyl (C=O) groups is 1. The lowest BCUT2D eigenvalue weighted by molar-refractivity contribution is -0.120. The zero-order chi connectivity index (χ0) is 23.5. The van der Waals surface area contributed by atoms with E-state index in [0.717, 1.165) is 18.9 Å². The number of ether oxygens (including phenoxy) is 2. The van der Waals surface area contributed by atoms with Gasteiger partial charge in [-0.3, -0.25) is 4.79 Å². The van der Waals surface area contributed by atoms with Crippen molar-refractivity contribution in [2.45, 2.75) is 37.0 Å². The van der Waals surface area contributed by atoms with Gasteiger partial charge in [-0.05, 0) is 56.4 Å². The summed E-state index contributed by atoms with van der Waals surface area (Å²) in [6, 6.07) is 8.53. The number of fused-ring (bicyclic) bond motifs is 1. The Morgan fingerprint density at radius 1 is 0.941 bits per heavy atom. The molecule has 1 amide bonds. The highest BCUT2D eigenvalue weighted by Gasteiger charge is 2.33. The third kappa shape index (κ3) is 4.83.